The highest BCUT2D eigenvalue weighted by Gasteiger charge is 2.10. The lowest BCUT2D eigenvalue weighted by Gasteiger charge is -2.19. The molecule has 0 aromatic heterocycles. The molecule has 1 aromatic rings. The lowest BCUT2D eigenvalue weighted by Crippen LogP contribution is -2.30. The third-order valence-electron chi connectivity index (χ3n) is 3.53. The van der Waals surface area contributed by atoms with Gasteiger partial charge in [-0.15, -0.1) is 0 Å². The van der Waals surface area contributed by atoms with Gasteiger partial charge >= 0.3 is 0 Å². The quantitative estimate of drug-likeness (QED) is 0.754. The molecule has 1 rings (SSSR count). The highest BCUT2D eigenvalue weighted by molar-refractivity contribution is 5.25. The van der Waals surface area contributed by atoms with E-state index in [-0.39, 0.29) is 12.1 Å². The second-order valence-corrected chi connectivity index (χ2v) is 6.75. The molecule has 2 unspecified atom stereocenters. The highest BCUT2D eigenvalue weighted by atomic mass is 16.3. The molecule has 2 N–H and O–H groups in total. The van der Waals surface area contributed by atoms with Crippen molar-refractivity contribution in [2.75, 3.05) is 6.54 Å². The fraction of sp³-hybridized carbons (Fsp3) is 0.667. The first-order chi connectivity index (χ1) is 9.38. The molecular formula is C18H31NO. The van der Waals surface area contributed by atoms with Gasteiger partial charge in [-0.3, -0.25) is 0 Å². The van der Waals surface area contributed by atoms with Crippen molar-refractivity contribution in [2.24, 2.45) is 11.8 Å². The summed E-state index contributed by atoms with van der Waals surface area (Å²) in [5.41, 5.74) is 2.69. The Balaban J connectivity index is 2.45. The highest BCUT2D eigenvalue weighted by Crippen LogP contribution is 2.16. The summed E-state index contributed by atoms with van der Waals surface area (Å²) in [6.07, 6.45) is 1.74. The van der Waals surface area contributed by atoms with E-state index in [4.69, 9.17) is 0 Å². The number of rotatable bonds is 8. The number of hydrogen-bond acceptors (Lipinski definition) is 2. The van der Waals surface area contributed by atoms with E-state index in [1.54, 1.807) is 0 Å². The van der Waals surface area contributed by atoms with Crippen LogP contribution in [0.25, 0.3) is 0 Å². The van der Waals surface area contributed by atoms with Crippen LogP contribution in [0.5, 0.6) is 0 Å². The average Bonchev–Trinajstić information content (AvgIpc) is 2.35. The smallest absolute Gasteiger partial charge is 0.0667 e. The van der Waals surface area contributed by atoms with E-state index in [0.29, 0.717) is 18.4 Å². The molecule has 0 spiro atoms. The van der Waals surface area contributed by atoms with Crippen molar-refractivity contribution in [2.45, 2.75) is 59.6 Å². The molecule has 0 saturated heterocycles. The van der Waals surface area contributed by atoms with Crippen LogP contribution in [-0.4, -0.2) is 17.8 Å². The van der Waals surface area contributed by atoms with Crippen LogP contribution < -0.4 is 5.32 Å². The molecule has 0 aliphatic heterocycles. The Labute approximate surface area is 124 Å². The van der Waals surface area contributed by atoms with Crippen molar-refractivity contribution in [1.29, 1.82) is 0 Å². The van der Waals surface area contributed by atoms with Crippen LogP contribution in [0.2, 0.25) is 0 Å². The Bertz CT molecular complexity index is 370. The van der Waals surface area contributed by atoms with Crippen LogP contribution >= 0.6 is 0 Å². The summed E-state index contributed by atoms with van der Waals surface area (Å²) in [6.45, 7) is 11.6. The van der Waals surface area contributed by atoms with Gasteiger partial charge in [-0.1, -0.05) is 52.0 Å². The number of aliphatic hydroxyl groups excluding tert-OH is 1. The average molecular weight is 277 g/mol. The SMILES string of the molecule is CC(C)Cc1ccc(C(C)NCC(O)CC(C)C)cc1. The van der Waals surface area contributed by atoms with Gasteiger partial charge in [0.1, 0.15) is 0 Å². The van der Waals surface area contributed by atoms with Crippen molar-refractivity contribution < 1.29 is 5.11 Å². The molecule has 0 radical (unpaired) electrons. The monoisotopic (exact) mass is 277 g/mol. The molecule has 1 aromatic carbocycles. The summed E-state index contributed by atoms with van der Waals surface area (Å²) in [4.78, 5) is 0. The largest absolute Gasteiger partial charge is 0.392 e. The Morgan fingerprint density at radius 1 is 0.950 bits per heavy atom. The number of benzene rings is 1. The molecule has 114 valence electrons. The summed E-state index contributed by atoms with van der Waals surface area (Å²) in [7, 11) is 0. The summed E-state index contributed by atoms with van der Waals surface area (Å²) in [5.74, 6) is 1.24. The minimum absolute atomic E-state index is 0.252. The van der Waals surface area contributed by atoms with E-state index in [2.05, 4.69) is 64.2 Å². The molecule has 0 amide bonds. The Morgan fingerprint density at radius 3 is 2.05 bits per heavy atom. The van der Waals surface area contributed by atoms with Crippen molar-refractivity contribution >= 4 is 0 Å². The predicted molar refractivity (Wildman–Crippen MR) is 86.9 cm³/mol. The third kappa shape index (κ3) is 6.53. The van der Waals surface area contributed by atoms with Crippen LogP contribution in [0.15, 0.2) is 24.3 Å². The van der Waals surface area contributed by atoms with E-state index in [9.17, 15) is 5.11 Å². The Morgan fingerprint density at radius 2 is 1.55 bits per heavy atom. The van der Waals surface area contributed by atoms with Gasteiger partial charge < -0.3 is 10.4 Å². The normalized spacial score (nSPS) is 14.8. The zero-order valence-corrected chi connectivity index (χ0v) is 13.7. The summed E-state index contributed by atoms with van der Waals surface area (Å²) < 4.78 is 0. The van der Waals surface area contributed by atoms with E-state index >= 15 is 0 Å². The first-order valence-corrected chi connectivity index (χ1v) is 7.88. The molecule has 0 heterocycles. The molecule has 20 heavy (non-hydrogen) atoms. The molecule has 0 bridgehead atoms. The van der Waals surface area contributed by atoms with Gasteiger partial charge in [0.2, 0.25) is 0 Å². The minimum atomic E-state index is -0.252. The van der Waals surface area contributed by atoms with Gasteiger partial charge in [-0.25, -0.2) is 0 Å². The second-order valence-electron chi connectivity index (χ2n) is 6.75. The van der Waals surface area contributed by atoms with Crippen LogP contribution in [0.1, 0.15) is 58.2 Å². The predicted octanol–water partition coefficient (Wildman–Crippen LogP) is 3.94. The second kappa shape index (κ2) is 8.43. The first-order valence-electron chi connectivity index (χ1n) is 7.88. The molecular weight excluding hydrogens is 246 g/mol. The molecule has 2 atom stereocenters. The van der Waals surface area contributed by atoms with Gasteiger partial charge in [0.15, 0.2) is 0 Å². The van der Waals surface area contributed by atoms with Gasteiger partial charge in [0.25, 0.3) is 0 Å². The van der Waals surface area contributed by atoms with E-state index in [0.717, 1.165) is 12.8 Å². The van der Waals surface area contributed by atoms with Gasteiger partial charge in [0, 0.05) is 12.6 Å². The Hall–Kier alpha value is -0.860. The molecule has 0 fully saturated rings. The van der Waals surface area contributed by atoms with Crippen molar-refractivity contribution in [1.82, 2.24) is 5.32 Å². The van der Waals surface area contributed by atoms with E-state index < -0.39 is 0 Å². The van der Waals surface area contributed by atoms with Crippen molar-refractivity contribution in [3.63, 3.8) is 0 Å². The maximum Gasteiger partial charge on any atom is 0.0667 e. The first kappa shape index (κ1) is 17.2. The number of nitrogens with one attached hydrogen (secondary N) is 1. The Kier molecular flexibility index (Phi) is 7.25. The molecule has 2 nitrogen and oxygen atoms in total. The third-order valence-corrected chi connectivity index (χ3v) is 3.53. The van der Waals surface area contributed by atoms with Crippen molar-refractivity contribution in [3.05, 3.63) is 35.4 Å². The molecule has 0 aliphatic carbocycles. The van der Waals surface area contributed by atoms with Gasteiger partial charge in [-0.05, 0) is 42.7 Å². The zero-order valence-electron chi connectivity index (χ0n) is 13.7. The molecule has 0 saturated carbocycles. The van der Waals surface area contributed by atoms with Gasteiger partial charge in [-0.2, -0.15) is 0 Å². The minimum Gasteiger partial charge on any atom is -0.392 e. The standard InChI is InChI=1S/C18H31NO/c1-13(2)10-16-6-8-17(9-7-16)15(5)19-12-18(20)11-14(3)4/h6-9,13-15,18-20H,10-12H2,1-5H3. The van der Waals surface area contributed by atoms with E-state index in [1.807, 2.05) is 0 Å². The number of hydrogen-bond donors (Lipinski definition) is 2. The molecule has 2 heteroatoms. The lowest BCUT2D eigenvalue weighted by molar-refractivity contribution is 0.143. The maximum atomic E-state index is 9.90. The fourth-order valence-electron chi connectivity index (χ4n) is 2.47. The fourth-order valence-corrected chi connectivity index (χ4v) is 2.47. The maximum absolute atomic E-state index is 9.90. The summed E-state index contributed by atoms with van der Waals surface area (Å²) >= 11 is 0. The van der Waals surface area contributed by atoms with Crippen LogP contribution in [0, 0.1) is 11.8 Å². The topological polar surface area (TPSA) is 32.3 Å². The summed E-state index contributed by atoms with van der Waals surface area (Å²) in [6, 6.07) is 9.12. The zero-order chi connectivity index (χ0) is 15.1. The van der Waals surface area contributed by atoms with Crippen molar-refractivity contribution in [3.8, 4) is 0 Å². The van der Waals surface area contributed by atoms with Crippen LogP contribution in [0.4, 0.5) is 0 Å². The lowest BCUT2D eigenvalue weighted by atomic mass is 9.99. The van der Waals surface area contributed by atoms with Crippen LogP contribution in [0.3, 0.4) is 0 Å². The van der Waals surface area contributed by atoms with Crippen LogP contribution in [-0.2, 0) is 6.42 Å². The van der Waals surface area contributed by atoms with Gasteiger partial charge in [0.05, 0.1) is 6.10 Å². The van der Waals surface area contributed by atoms with E-state index in [1.165, 1.54) is 11.1 Å². The summed E-state index contributed by atoms with van der Waals surface area (Å²) in [5, 5.41) is 13.3. The molecule has 0 aliphatic rings. The number of aliphatic hydroxyl groups is 1.